The lowest BCUT2D eigenvalue weighted by molar-refractivity contribution is 0.415. The third-order valence-corrected chi connectivity index (χ3v) is 3.34. The highest BCUT2D eigenvalue weighted by Gasteiger charge is 1.99. The van der Waals surface area contributed by atoms with E-state index in [0.29, 0.717) is 0 Å². The minimum Gasteiger partial charge on any atom is -0.497 e. The van der Waals surface area contributed by atoms with Crippen molar-refractivity contribution in [3.63, 3.8) is 0 Å². The van der Waals surface area contributed by atoms with E-state index in [1.165, 1.54) is 22.4 Å². The molecule has 0 radical (unpaired) electrons. The molecule has 0 aliphatic heterocycles. The summed E-state index contributed by atoms with van der Waals surface area (Å²) < 4.78 is 5.16. The SMILES string of the molecule is COc1ccc(C=Cc2ccc(N(C)C)cc2C)cc1. The van der Waals surface area contributed by atoms with Gasteiger partial charge in [-0.3, -0.25) is 0 Å². The molecule has 0 saturated carbocycles. The number of rotatable bonds is 4. The van der Waals surface area contributed by atoms with Crippen LogP contribution in [-0.2, 0) is 0 Å². The van der Waals surface area contributed by atoms with Gasteiger partial charge in [0, 0.05) is 19.8 Å². The highest BCUT2D eigenvalue weighted by Crippen LogP contribution is 2.20. The average Bonchev–Trinajstić information content (AvgIpc) is 2.46. The van der Waals surface area contributed by atoms with E-state index in [1.54, 1.807) is 7.11 Å². The van der Waals surface area contributed by atoms with Crippen LogP contribution in [-0.4, -0.2) is 21.2 Å². The number of benzene rings is 2. The molecule has 0 spiro atoms. The van der Waals surface area contributed by atoms with Gasteiger partial charge in [0.25, 0.3) is 0 Å². The van der Waals surface area contributed by atoms with Gasteiger partial charge in [0.15, 0.2) is 0 Å². The molecule has 104 valence electrons. The number of nitrogens with zero attached hydrogens (tertiary/aromatic N) is 1. The predicted molar refractivity (Wildman–Crippen MR) is 87.4 cm³/mol. The van der Waals surface area contributed by atoms with E-state index < -0.39 is 0 Å². The van der Waals surface area contributed by atoms with E-state index in [9.17, 15) is 0 Å². The van der Waals surface area contributed by atoms with Gasteiger partial charge in [-0.2, -0.15) is 0 Å². The van der Waals surface area contributed by atoms with Crippen LogP contribution in [0.4, 0.5) is 5.69 Å². The van der Waals surface area contributed by atoms with Crippen molar-refractivity contribution in [1.82, 2.24) is 0 Å². The molecular formula is C18H21NO. The number of methoxy groups -OCH3 is 1. The zero-order valence-corrected chi connectivity index (χ0v) is 12.6. The van der Waals surface area contributed by atoms with Gasteiger partial charge in [-0.05, 0) is 47.9 Å². The molecule has 2 aromatic rings. The molecule has 0 atom stereocenters. The molecule has 0 amide bonds. The fourth-order valence-electron chi connectivity index (χ4n) is 2.03. The van der Waals surface area contributed by atoms with Crippen molar-refractivity contribution in [2.75, 3.05) is 26.1 Å². The van der Waals surface area contributed by atoms with Crippen molar-refractivity contribution in [3.8, 4) is 5.75 Å². The molecule has 0 heterocycles. The number of anilines is 1. The lowest BCUT2D eigenvalue weighted by atomic mass is 10.1. The second-order valence-corrected chi connectivity index (χ2v) is 5.04. The van der Waals surface area contributed by atoms with E-state index >= 15 is 0 Å². The van der Waals surface area contributed by atoms with Gasteiger partial charge in [-0.15, -0.1) is 0 Å². The quantitative estimate of drug-likeness (QED) is 0.768. The molecule has 0 fully saturated rings. The van der Waals surface area contributed by atoms with Crippen LogP contribution in [0, 0.1) is 6.92 Å². The maximum atomic E-state index is 5.16. The van der Waals surface area contributed by atoms with Crippen LogP contribution >= 0.6 is 0 Å². The summed E-state index contributed by atoms with van der Waals surface area (Å²) in [5.74, 6) is 0.883. The summed E-state index contributed by atoms with van der Waals surface area (Å²) >= 11 is 0. The Hall–Kier alpha value is -2.22. The minimum absolute atomic E-state index is 0.883. The maximum absolute atomic E-state index is 5.16. The Morgan fingerprint density at radius 3 is 2.20 bits per heavy atom. The van der Waals surface area contributed by atoms with Crippen LogP contribution in [0.2, 0.25) is 0 Å². The van der Waals surface area contributed by atoms with Crippen molar-refractivity contribution in [2.24, 2.45) is 0 Å². The standard InChI is InChI=1S/C18H21NO/c1-14-13-17(19(2)3)10-9-16(14)8-5-15-6-11-18(20-4)12-7-15/h5-13H,1-4H3. The van der Waals surface area contributed by atoms with E-state index in [0.717, 1.165) is 5.75 Å². The summed E-state index contributed by atoms with van der Waals surface area (Å²) in [6.45, 7) is 2.14. The largest absolute Gasteiger partial charge is 0.497 e. The minimum atomic E-state index is 0.883. The van der Waals surface area contributed by atoms with Crippen LogP contribution in [0.15, 0.2) is 42.5 Å². The van der Waals surface area contributed by atoms with Crippen LogP contribution in [0.3, 0.4) is 0 Å². The Balaban J connectivity index is 2.18. The molecule has 2 heteroatoms. The van der Waals surface area contributed by atoms with Crippen molar-refractivity contribution >= 4 is 17.8 Å². The highest BCUT2D eigenvalue weighted by atomic mass is 16.5. The zero-order valence-electron chi connectivity index (χ0n) is 12.6. The first-order valence-electron chi connectivity index (χ1n) is 6.70. The van der Waals surface area contributed by atoms with Gasteiger partial charge in [-0.1, -0.05) is 30.4 Å². The molecule has 2 aromatic carbocycles. The summed E-state index contributed by atoms with van der Waals surface area (Å²) in [6, 6.07) is 14.6. The molecule has 2 nitrogen and oxygen atoms in total. The van der Waals surface area contributed by atoms with E-state index in [1.807, 2.05) is 12.1 Å². The van der Waals surface area contributed by atoms with Crippen LogP contribution in [0.25, 0.3) is 12.2 Å². The normalized spacial score (nSPS) is 10.8. The van der Waals surface area contributed by atoms with Crippen LogP contribution in [0.1, 0.15) is 16.7 Å². The average molecular weight is 267 g/mol. The maximum Gasteiger partial charge on any atom is 0.118 e. The Bertz CT molecular complexity index is 597. The third kappa shape index (κ3) is 3.41. The lowest BCUT2D eigenvalue weighted by Crippen LogP contribution is -2.08. The van der Waals surface area contributed by atoms with Gasteiger partial charge >= 0.3 is 0 Å². The molecule has 0 aliphatic carbocycles. The van der Waals surface area contributed by atoms with E-state index in [-0.39, 0.29) is 0 Å². The van der Waals surface area contributed by atoms with Crippen molar-refractivity contribution in [3.05, 3.63) is 59.2 Å². The molecule has 0 saturated heterocycles. The topological polar surface area (TPSA) is 12.5 Å². The summed E-state index contributed by atoms with van der Waals surface area (Å²) in [5, 5.41) is 0. The fourth-order valence-corrected chi connectivity index (χ4v) is 2.03. The Labute approximate surface area is 121 Å². The van der Waals surface area contributed by atoms with E-state index in [4.69, 9.17) is 4.74 Å². The van der Waals surface area contributed by atoms with Gasteiger partial charge < -0.3 is 9.64 Å². The summed E-state index contributed by atoms with van der Waals surface area (Å²) in [5.41, 5.74) is 4.92. The monoisotopic (exact) mass is 267 g/mol. The number of hydrogen-bond donors (Lipinski definition) is 0. The molecule has 0 unspecified atom stereocenters. The molecule has 20 heavy (non-hydrogen) atoms. The summed E-state index contributed by atoms with van der Waals surface area (Å²) in [6.07, 6.45) is 4.27. The first-order valence-corrected chi connectivity index (χ1v) is 6.70. The smallest absolute Gasteiger partial charge is 0.118 e. The van der Waals surface area contributed by atoms with Crippen molar-refractivity contribution < 1.29 is 4.74 Å². The molecular weight excluding hydrogens is 246 g/mol. The fraction of sp³-hybridized carbons (Fsp3) is 0.222. The molecule has 0 aromatic heterocycles. The summed E-state index contributed by atoms with van der Waals surface area (Å²) in [4.78, 5) is 2.12. The number of aryl methyl sites for hydroxylation is 1. The molecule has 2 rings (SSSR count). The lowest BCUT2D eigenvalue weighted by Gasteiger charge is -2.13. The Kier molecular flexibility index (Phi) is 4.46. The first-order chi connectivity index (χ1) is 9.60. The molecule has 0 N–H and O–H groups in total. The van der Waals surface area contributed by atoms with Gasteiger partial charge in [0.2, 0.25) is 0 Å². The van der Waals surface area contributed by atoms with Crippen molar-refractivity contribution in [1.29, 1.82) is 0 Å². The van der Waals surface area contributed by atoms with E-state index in [2.05, 4.69) is 68.4 Å². The molecule has 0 bridgehead atoms. The number of ether oxygens (including phenoxy) is 1. The third-order valence-electron chi connectivity index (χ3n) is 3.34. The van der Waals surface area contributed by atoms with Gasteiger partial charge in [-0.25, -0.2) is 0 Å². The highest BCUT2D eigenvalue weighted by molar-refractivity contribution is 5.72. The van der Waals surface area contributed by atoms with Gasteiger partial charge in [0.1, 0.15) is 5.75 Å². The second-order valence-electron chi connectivity index (χ2n) is 5.04. The van der Waals surface area contributed by atoms with Gasteiger partial charge in [0.05, 0.1) is 7.11 Å². The van der Waals surface area contributed by atoms with Crippen molar-refractivity contribution in [2.45, 2.75) is 6.92 Å². The Morgan fingerprint density at radius 2 is 1.65 bits per heavy atom. The Morgan fingerprint density at radius 1 is 0.950 bits per heavy atom. The zero-order chi connectivity index (χ0) is 14.5. The molecule has 0 aliphatic rings. The summed E-state index contributed by atoms with van der Waals surface area (Å²) in [7, 11) is 5.80. The number of hydrogen-bond acceptors (Lipinski definition) is 2. The second kappa shape index (κ2) is 6.29. The predicted octanol–water partition coefficient (Wildman–Crippen LogP) is 4.24. The first kappa shape index (κ1) is 14.2. The van der Waals surface area contributed by atoms with Crippen LogP contribution in [0.5, 0.6) is 5.75 Å². The van der Waals surface area contributed by atoms with Crippen LogP contribution < -0.4 is 9.64 Å².